The van der Waals surface area contributed by atoms with Gasteiger partial charge >= 0.3 is 113 Å². The van der Waals surface area contributed by atoms with Crippen LogP contribution in [-0.4, -0.2) is 32.6 Å². The minimum absolute atomic E-state index is 0.920. The molecule has 18 heavy (non-hydrogen) atoms. The van der Waals surface area contributed by atoms with E-state index in [0.717, 1.165) is 16.9 Å². The molecule has 0 fully saturated rings. The van der Waals surface area contributed by atoms with Crippen molar-refractivity contribution in [3.05, 3.63) is 30.3 Å². The minimum atomic E-state index is -2.18. The van der Waals surface area contributed by atoms with Gasteiger partial charge in [-0.1, -0.05) is 0 Å². The summed E-state index contributed by atoms with van der Waals surface area (Å²) < 4.78 is 12.5. The summed E-state index contributed by atoms with van der Waals surface area (Å²) in [5.41, 5.74) is 0. The Morgan fingerprint density at radius 1 is 0.833 bits per heavy atom. The van der Waals surface area contributed by atoms with Crippen LogP contribution >= 0.6 is 0 Å². The maximum absolute atomic E-state index is 5.54. The van der Waals surface area contributed by atoms with Crippen LogP contribution in [0.2, 0.25) is 14.8 Å². The Hall–Kier alpha value is -0.901. The van der Waals surface area contributed by atoms with Crippen LogP contribution in [0.15, 0.2) is 30.3 Å². The Labute approximate surface area is 113 Å². The van der Waals surface area contributed by atoms with E-state index in [1.165, 1.54) is 8.97 Å². The zero-order valence-corrected chi connectivity index (χ0v) is 14.6. The number of hydrogen-bond donors (Lipinski definition) is 0. The number of hydrogen-bond acceptors (Lipinski definition) is 2. The molecule has 96 valence electrons. The van der Waals surface area contributed by atoms with Crippen molar-refractivity contribution in [1.82, 2.24) is 0 Å². The van der Waals surface area contributed by atoms with Crippen molar-refractivity contribution in [2.45, 2.75) is 14.8 Å². The third kappa shape index (κ3) is 2.30. The molecule has 0 aliphatic carbocycles. The Kier molecular flexibility index (Phi) is 3.76. The zero-order valence-electron chi connectivity index (χ0n) is 11.7. The summed E-state index contributed by atoms with van der Waals surface area (Å²) in [5, 5.41) is 2.39. The van der Waals surface area contributed by atoms with Gasteiger partial charge in [-0.15, -0.1) is 0 Å². The van der Waals surface area contributed by atoms with Crippen molar-refractivity contribution in [3.8, 4) is 11.5 Å². The molecule has 2 nitrogen and oxygen atoms in total. The second-order valence-electron chi connectivity index (χ2n) is 5.45. The van der Waals surface area contributed by atoms with Gasteiger partial charge in [-0.25, -0.2) is 0 Å². The first-order chi connectivity index (χ1) is 8.49. The van der Waals surface area contributed by atoms with Crippen LogP contribution in [0.5, 0.6) is 11.5 Å². The predicted molar refractivity (Wildman–Crippen MR) is 80.0 cm³/mol. The molecule has 0 N–H and O–H groups in total. The predicted octanol–water partition coefficient (Wildman–Crippen LogP) is 3.40. The maximum atomic E-state index is 5.54. The molecule has 3 heteroatoms. The fourth-order valence-corrected chi connectivity index (χ4v) is 6.86. The number of methoxy groups -OCH3 is 2. The van der Waals surface area contributed by atoms with E-state index >= 15 is 0 Å². The molecule has 2 rings (SSSR count). The molecule has 0 heterocycles. The molecule has 0 bridgehead atoms. The SMILES string of the molecule is COc1cc[c]([Sn]([CH3])([CH3])[CH3])c2c(OC)cccc12. The summed E-state index contributed by atoms with van der Waals surface area (Å²) in [6, 6.07) is 10.5. The molecule has 2 aromatic carbocycles. The molecular weight excluding hydrogens is 331 g/mol. The fourth-order valence-electron chi connectivity index (χ4n) is 2.32. The summed E-state index contributed by atoms with van der Waals surface area (Å²) in [6.45, 7) is 0. The van der Waals surface area contributed by atoms with Crippen LogP contribution in [-0.2, 0) is 0 Å². The molecule has 0 unspecified atom stereocenters. The van der Waals surface area contributed by atoms with E-state index in [1.54, 1.807) is 14.2 Å². The summed E-state index contributed by atoms with van der Waals surface area (Å²) in [6.07, 6.45) is 0. The molecule has 0 aliphatic rings. The molecule has 0 saturated carbocycles. The fraction of sp³-hybridized carbons (Fsp3) is 0.333. The van der Waals surface area contributed by atoms with Gasteiger partial charge in [0.25, 0.3) is 0 Å². The third-order valence-corrected chi connectivity index (χ3v) is 9.01. The second kappa shape index (κ2) is 5.00. The van der Waals surface area contributed by atoms with Crippen LogP contribution in [0.4, 0.5) is 0 Å². The number of ether oxygens (including phenoxy) is 2. The molecule has 0 aromatic heterocycles. The molecule has 0 aliphatic heterocycles. The van der Waals surface area contributed by atoms with E-state index in [9.17, 15) is 0 Å². The number of fused-ring (bicyclic) bond motifs is 1. The Balaban J connectivity index is 2.89. The summed E-state index contributed by atoms with van der Waals surface area (Å²) in [4.78, 5) is 7.26. The van der Waals surface area contributed by atoms with Gasteiger partial charge in [0, 0.05) is 0 Å². The van der Waals surface area contributed by atoms with Gasteiger partial charge in [0.05, 0.1) is 0 Å². The van der Waals surface area contributed by atoms with Crippen molar-refractivity contribution >= 4 is 32.7 Å². The van der Waals surface area contributed by atoms with Crippen LogP contribution in [0, 0.1) is 0 Å². The molecule has 2 aromatic rings. The van der Waals surface area contributed by atoms with Gasteiger partial charge in [0.1, 0.15) is 0 Å². The van der Waals surface area contributed by atoms with Gasteiger partial charge in [0.2, 0.25) is 0 Å². The van der Waals surface area contributed by atoms with Crippen molar-refractivity contribution < 1.29 is 9.47 Å². The monoisotopic (exact) mass is 352 g/mol. The first-order valence-corrected chi connectivity index (χ1v) is 16.1. The summed E-state index contributed by atoms with van der Waals surface area (Å²) in [5.74, 6) is 1.87. The van der Waals surface area contributed by atoms with Gasteiger partial charge in [-0.3, -0.25) is 0 Å². The Morgan fingerprint density at radius 2 is 1.50 bits per heavy atom. The third-order valence-electron chi connectivity index (χ3n) is 3.21. The quantitative estimate of drug-likeness (QED) is 0.790. The van der Waals surface area contributed by atoms with E-state index in [-0.39, 0.29) is 0 Å². The standard InChI is InChI=1S/C12H11O2.3CH3.Sn/c1-13-11-7-3-6-10-9(11)5-4-8-12(10)14-2;;;;/h3-5,7-8H,1-2H3;3*1H3;. The van der Waals surface area contributed by atoms with Gasteiger partial charge in [-0.2, -0.15) is 0 Å². The van der Waals surface area contributed by atoms with E-state index in [0.29, 0.717) is 0 Å². The summed E-state index contributed by atoms with van der Waals surface area (Å²) >= 11 is -2.18. The molecule has 0 spiro atoms. The van der Waals surface area contributed by atoms with Crippen molar-refractivity contribution in [2.75, 3.05) is 14.2 Å². The number of rotatable bonds is 3. The molecule has 0 atom stereocenters. The average molecular weight is 351 g/mol. The Morgan fingerprint density at radius 3 is 2.06 bits per heavy atom. The van der Waals surface area contributed by atoms with Crippen LogP contribution in [0.3, 0.4) is 0 Å². The van der Waals surface area contributed by atoms with E-state index in [2.05, 4.69) is 33.0 Å². The topological polar surface area (TPSA) is 18.5 Å². The van der Waals surface area contributed by atoms with Crippen LogP contribution in [0.1, 0.15) is 0 Å². The molecular formula is C15H20O2Sn. The van der Waals surface area contributed by atoms with E-state index in [4.69, 9.17) is 9.47 Å². The van der Waals surface area contributed by atoms with Crippen molar-refractivity contribution in [2.24, 2.45) is 0 Å². The van der Waals surface area contributed by atoms with Crippen LogP contribution < -0.4 is 13.1 Å². The van der Waals surface area contributed by atoms with Crippen molar-refractivity contribution in [1.29, 1.82) is 0 Å². The number of benzene rings is 2. The van der Waals surface area contributed by atoms with E-state index < -0.39 is 18.4 Å². The zero-order chi connectivity index (χ0) is 13.3. The summed E-state index contributed by atoms with van der Waals surface area (Å²) in [7, 11) is 3.45. The molecule has 0 saturated heterocycles. The first kappa shape index (κ1) is 13.5. The van der Waals surface area contributed by atoms with Gasteiger partial charge in [-0.05, 0) is 0 Å². The van der Waals surface area contributed by atoms with Gasteiger partial charge in [0.15, 0.2) is 0 Å². The first-order valence-electron chi connectivity index (χ1n) is 6.13. The van der Waals surface area contributed by atoms with Crippen molar-refractivity contribution in [3.63, 3.8) is 0 Å². The van der Waals surface area contributed by atoms with Crippen LogP contribution in [0.25, 0.3) is 10.8 Å². The molecule has 0 radical (unpaired) electrons. The normalized spacial score (nSPS) is 11.6. The van der Waals surface area contributed by atoms with E-state index in [1.807, 2.05) is 12.1 Å². The average Bonchev–Trinajstić information content (AvgIpc) is 2.35. The molecule has 0 amide bonds. The Bertz CT molecular complexity index is 570. The van der Waals surface area contributed by atoms with Gasteiger partial charge < -0.3 is 0 Å². The second-order valence-corrected chi connectivity index (χ2v) is 19.8.